The fourth-order valence-corrected chi connectivity index (χ4v) is 4.10. The summed E-state index contributed by atoms with van der Waals surface area (Å²) < 4.78 is 22.5. The van der Waals surface area contributed by atoms with E-state index in [0.29, 0.717) is 0 Å². The van der Waals surface area contributed by atoms with Gasteiger partial charge in [-0.1, -0.05) is 19.3 Å². The molecule has 2 rings (SSSR count). The Hall–Kier alpha value is -1.57. The summed E-state index contributed by atoms with van der Waals surface area (Å²) in [6.07, 6.45) is 6.01. The largest absolute Gasteiger partial charge is 0.480 e. The van der Waals surface area contributed by atoms with Crippen LogP contribution in [-0.2, 0) is 14.6 Å². The predicted molar refractivity (Wildman–Crippen MR) is 76.4 cm³/mol. The van der Waals surface area contributed by atoms with E-state index in [0.717, 1.165) is 37.5 Å². The second-order valence-electron chi connectivity index (χ2n) is 5.60. The van der Waals surface area contributed by atoms with E-state index in [4.69, 9.17) is 0 Å². The summed E-state index contributed by atoms with van der Waals surface area (Å²) in [7, 11) is -3.25. The second kappa shape index (κ2) is 6.46. The lowest BCUT2D eigenvalue weighted by Gasteiger charge is -2.28. The van der Waals surface area contributed by atoms with Crippen molar-refractivity contribution in [1.29, 1.82) is 0 Å². The van der Waals surface area contributed by atoms with Crippen LogP contribution in [0.15, 0.2) is 11.5 Å². The molecule has 2 aliphatic rings. The fourth-order valence-electron chi connectivity index (χ4n) is 2.87. The highest BCUT2D eigenvalue weighted by Gasteiger charge is 2.31. The quantitative estimate of drug-likeness (QED) is 0.704. The van der Waals surface area contributed by atoms with E-state index in [2.05, 4.69) is 10.6 Å². The molecule has 2 amide bonds. The van der Waals surface area contributed by atoms with Gasteiger partial charge in [-0.15, -0.1) is 0 Å². The molecule has 3 N–H and O–H groups in total. The van der Waals surface area contributed by atoms with Crippen LogP contribution in [0.2, 0.25) is 0 Å². The fraction of sp³-hybridized carbons (Fsp3) is 0.692. The summed E-state index contributed by atoms with van der Waals surface area (Å²) in [5.74, 6) is -1.29. The third kappa shape index (κ3) is 4.45. The van der Waals surface area contributed by atoms with Gasteiger partial charge in [-0.25, -0.2) is 18.0 Å². The summed E-state index contributed by atoms with van der Waals surface area (Å²) in [6, 6.07) is -2.16. The third-order valence-corrected chi connectivity index (χ3v) is 5.32. The van der Waals surface area contributed by atoms with Crippen LogP contribution in [0.4, 0.5) is 4.79 Å². The highest BCUT2D eigenvalue weighted by Crippen LogP contribution is 2.26. The van der Waals surface area contributed by atoms with Crippen molar-refractivity contribution >= 4 is 21.8 Å². The molecular formula is C13H20N2O5S. The Balaban J connectivity index is 1.89. The molecule has 118 valence electrons. The molecule has 1 aliphatic heterocycles. The van der Waals surface area contributed by atoms with Crippen LogP contribution in [0.3, 0.4) is 0 Å². The smallest absolute Gasteiger partial charge is 0.326 e. The van der Waals surface area contributed by atoms with Crippen LogP contribution in [0.25, 0.3) is 0 Å². The number of nitrogens with one attached hydrogen (secondary N) is 2. The van der Waals surface area contributed by atoms with Crippen molar-refractivity contribution in [1.82, 2.24) is 10.6 Å². The normalized spacial score (nSPS) is 26.2. The minimum absolute atomic E-state index is 0.0650. The minimum atomic E-state index is -3.25. The lowest BCUT2D eigenvalue weighted by molar-refractivity contribution is -0.141. The van der Waals surface area contributed by atoms with Crippen molar-refractivity contribution in [3.63, 3.8) is 0 Å². The van der Waals surface area contributed by atoms with E-state index >= 15 is 0 Å². The number of urea groups is 1. The van der Waals surface area contributed by atoms with Gasteiger partial charge < -0.3 is 15.7 Å². The van der Waals surface area contributed by atoms with Crippen molar-refractivity contribution in [3.8, 4) is 0 Å². The van der Waals surface area contributed by atoms with E-state index in [1.165, 1.54) is 6.08 Å². The molecule has 0 saturated heterocycles. The Morgan fingerprint density at radius 2 is 1.86 bits per heavy atom. The SMILES string of the molecule is O=C(NC1C=CS(=O)(=O)C1)NC(C(=O)O)C1CCCCC1. The number of hydrogen-bond donors (Lipinski definition) is 3. The molecule has 0 bridgehead atoms. The summed E-state index contributed by atoms with van der Waals surface area (Å²) in [5.41, 5.74) is 0. The molecule has 1 saturated carbocycles. The van der Waals surface area contributed by atoms with Gasteiger partial charge in [0.1, 0.15) is 6.04 Å². The molecule has 0 radical (unpaired) electrons. The molecule has 0 aromatic rings. The van der Waals surface area contributed by atoms with Crippen LogP contribution in [0.5, 0.6) is 0 Å². The summed E-state index contributed by atoms with van der Waals surface area (Å²) >= 11 is 0. The number of carboxylic acid groups (broad SMARTS) is 1. The topological polar surface area (TPSA) is 113 Å². The molecule has 0 aromatic carbocycles. The van der Waals surface area contributed by atoms with Crippen molar-refractivity contribution in [2.75, 3.05) is 5.75 Å². The molecule has 21 heavy (non-hydrogen) atoms. The van der Waals surface area contributed by atoms with Gasteiger partial charge in [0, 0.05) is 5.41 Å². The zero-order valence-electron chi connectivity index (χ0n) is 11.6. The van der Waals surface area contributed by atoms with E-state index in [9.17, 15) is 23.1 Å². The Morgan fingerprint density at radius 3 is 2.38 bits per heavy atom. The van der Waals surface area contributed by atoms with Crippen molar-refractivity contribution in [2.45, 2.75) is 44.2 Å². The number of amides is 2. The van der Waals surface area contributed by atoms with E-state index in [-0.39, 0.29) is 11.7 Å². The lowest BCUT2D eigenvalue weighted by Crippen LogP contribution is -2.52. The Bertz CT molecular complexity index is 537. The van der Waals surface area contributed by atoms with Crippen LogP contribution in [0.1, 0.15) is 32.1 Å². The molecule has 2 unspecified atom stereocenters. The van der Waals surface area contributed by atoms with Crippen molar-refractivity contribution < 1.29 is 23.1 Å². The third-order valence-electron chi connectivity index (χ3n) is 3.92. The Morgan fingerprint density at radius 1 is 1.19 bits per heavy atom. The van der Waals surface area contributed by atoms with E-state index < -0.39 is 33.9 Å². The van der Waals surface area contributed by atoms with Gasteiger partial charge in [-0.05, 0) is 24.8 Å². The lowest BCUT2D eigenvalue weighted by atomic mass is 9.84. The summed E-state index contributed by atoms with van der Waals surface area (Å²) in [4.78, 5) is 23.2. The second-order valence-corrected chi connectivity index (χ2v) is 7.53. The first kappa shape index (κ1) is 15.8. The first-order chi connectivity index (χ1) is 9.87. The first-order valence-electron chi connectivity index (χ1n) is 7.08. The standard InChI is InChI=1S/C13H20N2O5S/c16-12(17)11(9-4-2-1-3-5-9)15-13(18)14-10-6-7-21(19,20)8-10/h6-7,9-11H,1-5,8H2,(H,16,17)(H2,14,15,18). The van der Waals surface area contributed by atoms with Gasteiger partial charge >= 0.3 is 12.0 Å². The highest BCUT2D eigenvalue weighted by atomic mass is 32.2. The molecule has 7 nitrogen and oxygen atoms in total. The van der Waals surface area contributed by atoms with Crippen LogP contribution < -0.4 is 10.6 Å². The summed E-state index contributed by atoms with van der Waals surface area (Å²) in [5, 5.41) is 15.3. The number of carboxylic acids is 1. The number of sulfone groups is 1. The number of carbonyl (C=O) groups is 2. The average molecular weight is 316 g/mol. The van der Waals surface area contributed by atoms with Crippen LogP contribution >= 0.6 is 0 Å². The van der Waals surface area contributed by atoms with Gasteiger partial charge in [-0.3, -0.25) is 0 Å². The van der Waals surface area contributed by atoms with Crippen LogP contribution in [0, 0.1) is 5.92 Å². The molecule has 8 heteroatoms. The maximum absolute atomic E-state index is 11.9. The minimum Gasteiger partial charge on any atom is -0.480 e. The maximum Gasteiger partial charge on any atom is 0.326 e. The Kier molecular flexibility index (Phi) is 4.87. The monoisotopic (exact) mass is 316 g/mol. The summed E-state index contributed by atoms with van der Waals surface area (Å²) in [6.45, 7) is 0. The van der Waals surface area contributed by atoms with E-state index in [1.54, 1.807) is 0 Å². The molecule has 1 heterocycles. The van der Waals surface area contributed by atoms with Gasteiger partial charge in [-0.2, -0.15) is 0 Å². The van der Waals surface area contributed by atoms with Gasteiger partial charge in [0.05, 0.1) is 11.8 Å². The average Bonchev–Trinajstić information content (AvgIpc) is 2.76. The zero-order valence-corrected chi connectivity index (χ0v) is 12.4. The number of hydrogen-bond acceptors (Lipinski definition) is 4. The van der Waals surface area contributed by atoms with Crippen LogP contribution in [-0.4, -0.2) is 43.4 Å². The molecule has 0 aromatic heterocycles. The molecule has 1 aliphatic carbocycles. The molecular weight excluding hydrogens is 296 g/mol. The Labute approximate surface area is 123 Å². The first-order valence-corrected chi connectivity index (χ1v) is 8.80. The highest BCUT2D eigenvalue weighted by molar-refractivity contribution is 7.94. The maximum atomic E-state index is 11.9. The van der Waals surface area contributed by atoms with Crippen molar-refractivity contribution in [3.05, 3.63) is 11.5 Å². The molecule has 2 atom stereocenters. The number of aliphatic carboxylic acids is 1. The molecule has 1 fully saturated rings. The van der Waals surface area contributed by atoms with Crippen molar-refractivity contribution in [2.24, 2.45) is 5.92 Å². The molecule has 0 spiro atoms. The number of carbonyl (C=O) groups excluding carboxylic acids is 1. The zero-order chi connectivity index (χ0) is 15.5. The van der Waals surface area contributed by atoms with E-state index in [1.807, 2.05) is 0 Å². The van der Waals surface area contributed by atoms with Gasteiger partial charge in [0.25, 0.3) is 0 Å². The predicted octanol–water partition coefficient (Wildman–Crippen LogP) is 0.630. The number of rotatable bonds is 4. The van der Waals surface area contributed by atoms with Gasteiger partial charge in [0.2, 0.25) is 0 Å². The van der Waals surface area contributed by atoms with Gasteiger partial charge in [0.15, 0.2) is 9.84 Å².